The zero-order valence-electron chi connectivity index (χ0n) is 14.9. The smallest absolute Gasteiger partial charge is 0.251 e. The first-order valence-electron chi connectivity index (χ1n) is 7.89. The molecule has 0 aliphatic rings. The Bertz CT molecular complexity index is 742. The van der Waals surface area contributed by atoms with Gasteiger partial charge in [0.2, 0.25) is 5.91 Å². The fraction of sp³-hybridized carbons (Fsp3) is 0.333. The molecule has 0 radical (unpaired) electrons. The highest BCUT2D eigenvalue weighted by molar-refractivity contribution is 7.99. The van der Waals surface area contributed by atoms with E-state index in [-0.39, 0.29) is 17.6 Å². The summed E-state index contributed by atoms with van der Waals surface area (Å²) in [4.78, 5) is 34.1. The van der Waals surface area contributed by atoms with Gasteiger partial charge in [0.15, 0.2) is 5.16 Å². The lowest BCUT2D eigenvalue weighted by molar-refractivity contribution is -0.127. The standard InChI is InChI=1S/C18H22N4O2S/c1-12-9-13(2)21-18(20-12)25-11-16(23)22(4)10-14-5-7-15(8-6-14)17(24)19-3/h5-9H,10-11H2,1-4H3,(H,19,24). The molecule has 25 heavy (non-hydrogen) atoms. The lowest BCUT2D eigenvalue weighted by Crippen LogP contribution is -2.28. The first-order valence-corrected chi connectivity index (χ1v) is 8.87. The molecule has 132 valence electrons. The van der Waals surface area contributed by atoms with Crippen molar-refractivity contribution in [3.8, 4) is 0 Å². The number of hydrogen-bond acceptors (Lipinski definition) is 5. The second-order valence-corrected chi connectivity index (χ2v) is 6.69. The highest BCUT2D eigenvalue weighted by atomic mass is 32.2. The van der Waals surface area contributed by atoms with Gasteiger partial charge < -0.3 is 10.2 Å². The van der Waals surface area contributed by atoms with Gasteiger partial charge in [0.25, 0.3) is 5.91 Å². The largest absolute Gasteiger partial charge is 0.355 e. The molecule has 0 aliphatic carbocycles. The second kappa shape index (κ2) is 8.62. The number of carbonyl (C=O) groups excluding carboxylic acids is 2. The topological polar surface area (TPSA) is 75.2 Å². The van der Waals surface area contributed by atoms with Gasteiger partial charge in [-0.05, 0) is 37.6 Å². The number of carbonyl (C=O) groups is 2. The summed E-state index contributed by atoms with van der Waals surface area (Å²) >= 11 is 1.34. The van der Waals surface area contributed by atoms with Crippen molar-refractivity contribution in [2.24, 2.45) is 0 Å². The molecule has 2 amide bonds. The Morgan fingerprint density at radius 3 is 2.28 bits per heavy atom. The van der Waals surface area contributed by atoms with Crippen LogP contribution < -0.4 is 5.32 Å². The Hall–Kier alpha value is -2.41. The molecule has 0 unspecified atom stereocenters. The van der Waals surface area contributed by atoms with Crippen LogP contribution in [0.5, 0.6) is 0 Å². The molecule has 7 heteroatoms. The summed E-state index contributed by atoms with van der Waals surface area (Å²) < 4.78 is 0. The van der Waals surface area contributed by atoms with Crippen LogP contribution in [0.15, 0.2) is 35.5 Å². The van der Waals surface area contributed by atoms with Gasteiger partial charge in [-0.3, -0.25) is 9.59 Å². The van der Waals surface area contributed by atoms with E-state index < -0.39 is 0 Å². The molecule has 1 heterocycles. The van der Waals surface area contributed by atoms with Gasteiger partial charge >= 0.3 is 0 Å². The number of hydrogen-bond donors (Lipinski definition) is 1. The maximum Gasteiger partial charge on any atom is 0.251 e. The molecule has 2 rings (SSSR count). The maximum absolute atomic E-state index is 12.3. The van der Waals surface area contributed by atoms with Crippen LogP contribution in [0.25, 0.3) is 0 Å². The van der Waals surface area contributed by atoms with Gasteiger partial charge in [0.1, 0.15) is 0 Å². The third kappa shape index (κ3) is 5.56. The van der Waals surface area contributed by atoms with Gasteiger partial charge in [0, 0.05) is 37.6 Å². The van der Waals surface area contributed by atoms with Crippen LogP contribution in [-0.4, -0.2) is 46.5 Å². The monoisotopic (exact) mass is 358 g/mol. The number of aryl methyl sites for hydroxylation is 2. The molecule has 6 nitrogen and oxygen atoms in total. The predicted octanol–water partition coefficient (Wildman–Crippen LogP) is 2.20. The van der Waals surface area contributed by atoms with Gasteiger partial charge in [-0.15, -0.1) is 0 Å². The van der Waals surface area contributed by atoms with Crippen molar-refractivity contribution in [3.05, 3.63) is 52.8 Å². The third-order valence-electron chi connectivity index (χ3n) is 3.58. The molecule has 0 fully saturated rings. The van der Waals surface area contributed by atoms with E-state index >= 15 is 0 Å². The van der Waals surface area contributed by atoms with Crippen LogP contribution in [0, 0.1) is 13.8 Å². The molecule has 2 aromatic rings. The zero-order valence-corrected chi connectivity index (χ0v) is 15.7. The van der Waals surface area contributed by atoms with E-state index in [0.717, 1.165) is 17.0 Å². The van der Waals surface area contributed by atoms with Gasteiger partial charge in [-0.1, -0.05) is 23.9 Å². The minimum Gasteiger partial charge on any atom is -0.355 e. The second-order valence-electron chi connectivity index (χ2n) is 5.75. The van der Waals surface area contributed by atoms with E-state index in [1.54, 1.807) is 31.1 Å². The number of thioether (sulfide) groups is 1. The Labute approximate surface area is 152 Å². The number of nitrogens with zero attached hydrogens (tertiary/aromatic N) is 3. The highest BCUT2D eigenvalue weighted by Crippen LogP contribution is 2.15. The molecular weight excluding hydrogens is 336 g/mol. The van der Waals surface area contributed by atoms with Gasteiger partial charge in [0.05, 0.1) is 5.75 Å². The summed E-state index contributed by atoms with van der Waals surface area (Å²) in [5, 5.41) is 3.20. The summed E-state index contributed by atoms with van der Waals surface area (Å²) in [5.41, 5.74) is 3.36. The average molecular weight is 358 g/mol. The fourth-order valence-corrected chi connectivity index (χ4v) is 3.15. The van der Waals surface area contributed by atoms with Crippen LogP contribution in [0.3, 0.4) is 0 Å². The molecule has 0 saturated carbocycles. The summed E-state index contributed by atoms with van der Waals surface area (Å²) in [6, 6.07) is 9.12. The summed E-state index contributed by atoms with van der Waals surface area (Å²) in [7, 11) is 3.36. The van der Waals surface area contributed by atoms with Crippen molar-refractivity contribution < 1.29 is 9.59 Å². The minimum atomic E-state index is -0.124. The van der Waals surface area contributed by atoms with Crippen LogP contribution >= 0.6 is 11.8 Å². The van der Waals surface area contributed by atoms with E-state index in [1.165, 1.54) is 11.8 Å². The molecule has 0 aliphatic heterocycles. The normalized spacial score (nSPS) is 10.4. The lowest BCUT2D eigenvalue weighted by Gasteiger charge is -2.17. The van der Waals surface area contributed by atoms with Crippen molar-refractivity contribution in [2.45, 2.75) is 25.5 Å². The van der Waals surface area contributed by atoms with Crippen LogP contribution in [0.1, 0.15) is 27.3 Å². The first kappa shape index (κ1) is 18.9. The Morgan fingerprint density at radius 1 is 1.12 bits per heavy atom. The molecule has 1 aromatic heterocycles. The predicted molar refractivity (Wildman–Crippen MR) is 98.5 cm³/mol. The molecular formula is C18H22N4O2S. The highest BCUT2D eigenvalue weighted by Gasteiger charge is 2.12. The first-order chi connectivity index (χ1) is 11.9. The molecule has 1 aromatic carbocycles. The zero-order chi connectivity index (χ0) is 18.4. The molecule has 0 spiro atoms. The Balaban J connectivity index is 1.90. The SMILES string of the molecule is CNC(=O)c1ccc(CN(C)C(=O)CSc2nc(C)cc(C)n2)cc1. The molecule has 0 bridgehead atoms. The van der Waals surface area contributed by atoms with Crippen molar-refractivity contribution in [2.75, 3.05) is 19.8 Å². The van der Waals surface area contributed by atoms with Crippen LogP contribution in [0.2, 0.25) is 0 Å². The number of nitrogens with one attached hydrogen (secondary N) is 1. The van der Waals surface area contributed by atoms with Gasteiger partial charge in [-0.2, -0.15) is 0 Å². The Morgan fingerprint density at radius 2 is 1.72 bits per heavy atom. The average Bonchev–Trinajstić information content (AvgIpc) is 2.58. The van der Waals surface area contributed by atoms with Crippen molar-refractivity contribution >= 4 is 23.6 Å². The third-order valence-corrected chi connectivity index (χ3v) is 4.41. The Kier molecular flexibility index (Phi) is 6.52. The van der Waals surface area contributed by atoms with Crippen LogP contribution in [-0.2, 0) is 11.3 Å². The van der Waals surface area contributed by atoms with Crippen molar-refractivity contribution in [3.63, 3.8) is 0 Å². The number of aromatic nitrogens is 2. The van der Waals surface area contributed by atoms with Gasteiger partial charge in [-0.25, -0.2) is 9.97 Å². The number of benzene rings is 1. The maximum atomic E-state index is 12.3. The van der Waals surface area contributed by atoms with E-state index in [9.17, 15) is 9.59 Å². The van der Waals surface area contributed by atoms with Crippen LogP contribution in [0.4, 0.5) is 0 Å². The number of rotatable bonds is 6. The van der Waals surface area contributed by atoms with E-state index in [1.807, 2.05) is 32.0 Å². The van der Waals surface area contributed by atoms with E-state index in [0.29, 0.717) is 17.3 Å². The van der Waals surface area contributed by atoms with E-state index in [4.69, 9.17) is 0 Å². The van der Waals surface area contributed by atoms with Crippen molar-refractivity contribution in [1.29, 1.82) is 0 Å². The fourth-order valence-electron chi connectivity index (χ4n) is 2.26. The molecule has 0 atom stereocenters. The minimum absolute atomic E-state index is 0.00290. The summed E-state index contributed by atoms with van der Waals surface area (Å²) in [6.45, 7) is 4.31. The van der Waals surface area contributed by atoms with Crippen molar-refractivity contribution in [1.82, 2.24) is 20.2 Å². The molecule has 0 saturated heterocycles. The number of amides is 2. The lowest BCUT2D eigenvalue weighted by atomic mass is 10.1. The summed E-state index contributed by atoms with van der Waals surface area (Å²) in [6.07, 6.45) is 0. The molecule has 1 N–H and O–H groups in total. The summed E-state index contributed by atoms with van der Waals surface area (Å²) in [5.74, 6) is 0.166. The van der Waals surface area contributed by atoms with E-state index in [2.05, 4.69) is 15.3 Å². The quantitative estimate of drug-likeness (QED) is 0.633.